The highest BCUT2D eigenvalue weighted by atomic mass is 19.1. The number of benzene rings is 1. The number of halogens is 1. The van der Waals surface area contributed by atoms with Gasteiger partial charge < -0.3 is 9.73 Å². The van der Waals surface area contributed by atoms with E-state index in [1.54, 1.807) is 12.3 Å². The van der Waals surface area contributed by atoms with Gasteiger partial charge in [-0.25, -0.2) is 4.39 Å². The van der Waals surface area contributed by atoms with Gasteiger partial charge in [0, 0.05) is 18.9 Å². The van der Waals surface area contributed by atoms with Crippen LogP contribution in [-0.4, -0.2) is 13.1 Å². The fourth-order valence-corrected chi connectivity index (χ4v) is 2.09. The maximum absolute atomic E-state index is 13.8. The topological polar surface area (TPSA) is 25.2 Å². The van der Waals surface area contributed by atoms with Crippen molar-refractivity contribution in [3.8, 4) is 0 Å². The summed E-state index contributed by atoms with van der Waals surface area (Å²) < 4.78 is 19.2. The van der Waals surface area contributed by atoms with Crippen LogP contribution in [0.25, 0.3) is 0 Å². The fourth-order valence-electron chi connectivity index (χ4n) is 2.09. The smallest absolute Gasteiger partial charge is 0.126 e. The highest BCUT2D eigenvalue weighted by Crippen LogP contribution is 2.23. The standard InChI is InChI=1S/C15H18FNO/c1-2-17-11-12(10-13-6-5-9-18-13)14-7-3-4-8-15(14)16/h3-9,12,17H,2,10-11H2,1H3. The van der Waals surface area contributed by atoms with E-state index in [4.69, 9.17) is 4.42 Å². The quantitative estimate of drug-likeness (QED) is 0.846. The molecule has 0 bridgehead atoms. The zero-order chi connectivity index (χ0) is 12.8. The number of nitrogens with one attached hydrogen (secondary N) is 1. The monoisotopic (exact) mass is 247 g/mol. The van der Waals surface area contributed by atoms with Crippen molar-refractivity contribution < 1.29 is 8.81 Å². The molecule has 0 amide bonds. The fraction of sp³-hybridized carbons (Fsp3) is 0.333. The maximum Gasteiger partial charge on any atom is 0.126 e. The molecule has 1 N–H and O–H groups in total. The van der Waals surface area contributed by atoms with Crippen molar-refractivity contribution in [3.63, 3.8) is 0 Å². The molecule has 2 aromatic rings. The van der Waals surface area contributed by atoms with E-state index in [9.17, 15) is 4.39 Å². The number of hydrogen-bond donors (Lipinski definition) is 1. The summed E-state index contributed by atoms with van der Waals surface area (Å²) in [6.07, 6.45) is 2.36. The normalized spacial score (nSPS) is 12.6. The van der Waals surface area contributed by atoms with Gasteiger partial charge in [-0.05, 0) is 30.3 Å². The van der Waals surface area contributed by atoms with Gasteiger partial charge in [-0.3, -0.25) is 0 Å². The van der Waals surface area contributed by atoms with E-state index in [-0.39, 0.29) is 11.7 Å². The van der Waals surface area contributed by atoms with Gasteiger partial charge in [-0.1, -0.05) is 25.1 Å². The third-order valence-electron chi connectivity index (χ3n) is 3.01. The lowest BCUT2D eigenvalue weighted by atomic mass is 9.94. The minimum Gasteiger partial charge on any atom is -0.469 e. The minimum absolute atomic E-state index is 0.0947. The van der Waals surface area contributed by atoms with Crippen LogP contribution in [0, 0.1) is 5.82 Å². The Morgan fingerprint density at radius 2 is 2.06 bits per heavy atom. The molecule has 2 rings (SSSR count). The zero-order valence-electron chi connectivity index (χ0n) is 10.5. The molecule has 1 aromatic heterocycles. The number of likely N-dealkylation sites (N-methyl/N-ethyl adjacent to an activating group) is 1. The second kappa shape index (κ2) is 6.36. The van der Waals surface area contributed by atoms with Crippen LogP contribution in [0.15, 0.2) is 47.1 Å². The Kier molecular flexibility index (Phi) is 4.53. The summed E-state index contributed by atoms with van der Waals surface area (Å²) in [5.41, 5.74) is 0.745. The summed E-state index contributed by atoms with van der Waals surface area (Å²) >= 11 is 0. The minimum atomic E-state index is -0.146. The first-order valence-corrected chi connectivity index (χ1v) is 6.28. The van der Waals surface area contributed by atoms with Gasteiger partial charge in [0.05, 0.1) is 6.26 Å². The molecule has 0 aliphatic heterocycles. The molecule has 0 saturated heterocycles. The molecule has 0 saturated carbocycles. The average molecular weight is 247 g/mol. The Hall–Kier alpha value is -1.61. The first kappa shape index (κ1) is 12.8. The highest BCUT2D eigenvalue weighted by molar-refractivity contribution is 5.23. The summed E-state index contributed by atoms with van der Waals surface area (Å²) in [6, 6.07) is 10.7. The predicted molar refractivity (Wildman–Crippen MR) is 70.1 cm³/mol. The van der Waals surface area contributed by atoms with Crippen LogP contribution < -0.4 is 5.32 Å². The predicted octanol–water partition coefficient (Wildman–Crippen LogP) is 3.35. The van der Waals surface area contributed by atoms with Crippen LogP contribution in [0.4, 0.5) is 4.39 Å². The van der Waals surface area contributed by atoms with Crippen molar-refractivity contribution in [3.05, 3.63) is 59.8 Å². The first-order chi connectivity index (χ1) is 8.81. The van der Waals surface area contributed by atoms with Gasteiger partial charge in [0.15, 0.2) is 0 Å². The van der Waals surface area contributed by atoms with Crippen molar-refractivity contribution in [2.45, 2.75) is 19.3 Å². The molecule has 0 aliphatic rings. The van der Waals surface area contributed by atoms with Gasteiger partial charge in [-0.2, -0.15) is 0 Å². The molecule has 96 valence electrons. The molecule has 18 heavy (non-hydrogen) atoms. The Bertz CT molecular complexity index is 467. The second-order valence-electron chi connectivity index (χ2n) is 4.31. The molecule has 0 fully saturated rings. The van der Waals surface area contributed by atoms with Crippen LogP contribution in [-0.2, 0) is 6.42 Å². The average Bonchev–Trinajstić information content (AvgIpc) is 2.88. The first-order valence-electron chi connectivity index (χ1n) is 6.28. The third-order valence-corrected chi connectivity index (χ3v) is 3.01. The van der Waals surface area contributed by atoms with Crippen LogP contribution in [0.3, 0.4) is 0 Å². The van der Waals surface area contributed by atoms with Gasteiger partial charge >= 0.3 is 0 Å². The number of furan rings is 1. The Labute approximate surface area is 107 Å². The number of hydrogen-bond acceptors (Lipinski definition) is 2. The molecular formula is C15H18FNO. The highest BCUT2D eigenvalue weighted by Gasteiger charge is 2.16. The number of rotatable bonds is 6. The molecule has 3 heteroatoms. The van der Waals surface area contributed by atoms with Crippen LogP contribution >= 0.6 is 0 Å². The van der Waals surface area contributed by atoms with E-state index in [1.165, 1.54) is 6.07 Å². The van der Waals surface area contributed by atoms with E-state index >= 15 is 0 Å². The SMILES string of the molecule is CCNCC(Cc1ccco1)c1ccccc1F. The lowest BCUT2D eigenvalue weighted by Gasteiger charge is -2.17. The maximum atomic E-state index is 13.8. The largest absolute Gasteiger partial charge is 0.469 e. The van der Waals surface area contributed by atoms with Crippen molar-refractivity contribution in [1.82, 2.24) is 5.32 Å². The summed E-state index contributed by atoms with van der Waals surface area (Å²) in [4.78, 5) is 0. The van der Waals surface area contributed by atoms with Crippen LogP contribution in [0.2, 0.25) is 0 Å². The van der Waals surface area contributed by atoms with Crippen molar-refractivity contribution in [2.24, 2.45) is 0 Å². The van der Waals surface area contributed by atoms with E-state index in [2.05, 4.69) is 5.32 Å². The van der Waals surface area contributed by atoms with Crippen LogP contribution in [0.1, 0.15) is 24.2 Å². The third kappa shape index (κ3) is 3.20. The molecule has 0 aliphatic carbocycles. The van der Waals surface area contributed by atoms with E-state index < -0.39 is 0 Å². The van der Waals surface area contributed by atoms with Crippen LogP contribution in [0.5, 0.6) is 0 Å². The molecule has 0 spiro atoms. The Balaban J connectivity index is 2.16. The van der Waals surface area contributed by atoms with Gasteiger partial charge in [0.1, 0.15) is 11.6 Å². The Morgan fingerprint density at radius 1 is 1.22 bits per heavy atom. The molecule has 1 atom stereocenters. The van der Waals surface area contributed by atoms with Gasteiger partial charge in [-0.15, -0.1) is 0 Å². The molecule has 1 unspecified atom stereocenters. The molecule has 2 nitrogen and oxygen atoms in total. The summed E-state index contributed by atoms with van der Waals surface area (Å²) in [7, 11) is 0. The lowest BCUT2D eigenvalue weighted by molar-refractivity contribution is 0.466. The molecule has 1 heterocycles. The van der Waals surface area contributed by atoms with E-state index in [0.29, 0.717) is 6.42 Å². The van der Waals surface area contributed by atoms with Gasteiger partial charge in [0.25, 0.3) is 0 Å². The summed E-state index contributed by atoms with van der Waals surface area (Å²) in [5.74, 6) is 0.838. The zero-order valence-corrected chi connectivity index (χ0v) is 10.5. The van der Waals surface area contributed by atoms with Crippen molar-refractivity contribution in [2.75, 3.05) is 13.1 Å². The summed E-state index contributed by atoms with van der Waals surface area (Å²) in [5, 5.41) is 3.28. The van der Waals surface area contributed by atoms with Gasteiger partial charge in [0.2, 0.25) is 0 Å². The second-order valence-corrected chi connectivity index (χ2v) is 4.31. The van der Waals surface area contributed by atoms with E-state index in [0.717, 1.165) is 24.4 Å². The van der Waals surface area contributed by atoms with Crippen molar-refractivity contribution >= 4 is 0 Å². The molecule has 1 aromatic carbocycles. The van der Waals surface area contributed by atoms with E-state index in [1.807, 2.05) is 31.2 Å². The molecule has 0 radical (unpaired) electrons. The summed E-state index contributed by atoms with van der Waals surface area (Å²) in [6.45, 7) is 3.67. The molecular weight excluding hydrogens is 229 g/mol. The Morgan fingerprint density at radius 3 is 2.72 bits per heavy atom. The lowest BCUT2D eigenvalue weighted by Crippen LogP contribution is -2.23. The van der Waals surface area contributed by atoms with Crippen molar-refractivity contribution in [1.29, 1.82) is 0 Å².